The molecule has 2 saturated heterocycles. The number of halogens is 3. The van der Waals surface area contributed by atoms with Gasteiger partial charge >= 0.3 is 6.18 Å². The number of nitrogens with zero attached hydrogens (tertiary/aromatic N) is 3. The number of carbonyl (C=O) groups excluding carboxylic acids is 1. The van der Waals surface area contributed by atoms with Gasteiger partial charge in [-0.2, -0.15) is 13.2 Å². The molecule has 0 radical (unpaired) electrons. The molecule has 0 N–H and O–H groups in total. The number of amides is 1. The van der Waals surface area contributed by atoms with Gasteiger partial charge in [0.25, 0.3) is 5.71 Å². The van der Waals surface area contributed by atoms with Crippen LogP contribution in [0.5, 0.6) is 0 Å². The Bertz CT molecular complexity index is 1070. The first kappa shape index (κ1) is 21.1. The van der Waals surface area contributed by atoms with Crippen molar-refractivity contribution >= 4 is 26.8 Å². The first-order valence-corrected chi connectivity index (χ1v) is 11.7. The van der Waals surface area contributed by atoms with Crippen LogP contribution in [-0.4, -0.2) is 54.0 Å². The number of hydrogen-bond acceptors (Lipinski definition) is 6. The normalized spacial score (nSPS) is 22.7. The van der Waals surface area contributed by atoms with E-state index in [2.05, 4.69) is 10.1 Å². The predicted octanol–water partition coefficient (Wildman–Crippen LogP) is 3.08. The van der Waals surface area contributed by atoms with Crippen molar-refractivity contribution in [1.29, 1.82) is 0 Å². The van der Waals surface area contributed by atoms with Crippen molar-refractivity contribution in [2.24, 2.45) is 5.92 Å². The molecule has 0 spiro atoms. The lowest BCUT2D eigenvalue weighted by Gasteiger charge is -2.32. The van der Waals surface area contributed by atoms with Crippen molar-refractivity contribution in [3.63, 3.8) is 0 Å². The summed E-state index contributed by atoms with van der Waals surface area (Å²) in [4.78, 5) is 18.4. The van der Waals surface area contributed by atoms with Gasteiger partial charge in [0.05, 0.1) is 28.1 Å². The van der Waals surface area contributed by atoms with E-state index in [0.717, 1.165) is 6.07 Å². The van der Waals surface area contributed by atoms with Gasteiger partial charge in [-0.15, -0.1) is 0 Å². The third-order valence-electron chi connectivity index (χ3n) is 6.00. The number of piperidine rings is 1. The van der Waals surface area contributed by atoms with E-state index in [-0.39, 0.29) is 52.5 Å². The van der Waals surface area contributed by atoms with Gasteiger partial charge in [-0.25, -0.2) is 13.4 Å². The lowest BCUT2D eigenvalue weighted by atomic mass is 9.91. The zero-order chi connectivity index (χ0) is 21.7. The number of alkyl halides is 3. The van der Waals surface area contributed by atoms with E-state index in [4.69, 9.17) is 4.52 Å². The van der Waals surface area contributed by atoms with Crippen LogP contribution in [0.2, 0.25) is 0 Å². The molecule has 164 valence electrons. The van der Waals surface area contributed by atoms with Crippen LogP contribution < -0.4 is 0 Å². The molecular weight excluding hydrogens is 423 g/mol. The Hall–Kier alpha value is -2.17. The summed E-state index contributed by atoms with van der Waals surface area (Å²) in [7, 11) is -3.03. The Morgan fingerprint density at radius 3 is 2.57 bits per heavy atom. The summed E-state index contributed by atoms with van der Waals surface area (Å²) in [5.41, 5.74) is -0.494. The molecule has 0 bridgehead atoms. The van der Waals surface area contributed by atoms with E-state index in [9.17, 15) is 26.4 Å². The second-order valence-corrected chi connectivity index (χ2v) is 10.4. The third-order valence-corrected chi connectivity index (χ3v) is 7.84. The summed E-state index contributed by atoms with van der Waals surface area (Å²) < 4.78 is 68.8. The minimum Gasteiger partial charge on any atom is -0.343 e. The van der Waals surface area contributed by atoms with Crippen LogP contribution in [0.1, 0.15) is 48.6 Å². The van der Waals surface area contributed by atoms with Gasteiger partial charge in [-0.1, -0.05) is 5.16 Å². The summed E-state index contributed by atoms with van der Waals surface area (Å²) in [6, 6.07) is 1.07. The number of aromatic nitrogens is 2. The number of sulfone groups is 1. The fraction of sp³-hybridized carbons (Fsp3) is 0.632. The van der Waals surface area contributed by atoms with Gasteiger partial charge in [0.2, 0.25) is 5.91 Å². The average molecular weight is 445 g/mol. The molecule has 0 unspecified atom stereocenters. The number of pyridine rings is 1. The molecule has 2 aromatic rings. The molecule has 1 amide bonds. The quantitative estimate of drug-likeness (QED) is 0.721. The minimum absolute atomic E-state index is 0.0515. The van der Waals surface area contributed by atoms with E-state index >= 15 is 0 Å². The van der Waals surface area contributed by atoms with E-state index in [0.29, 0.717) is 38.0 Å². The molecule has 2 aliphatic heterocycles. The van der Waals surface area contributed by atoms with Gasteiger partial charge in [-0.05, 0) is 38.2 Å². The molecule has 7 nitrogen and oxygen atoms in total. The first-order chi connectivity index (χ1) is 14.0. The van der Waals surface area contributed by atoms with Crippen LogP contribution in [0, 0.1) is 12.8 Å². The van der Waals surface area contributed by atoms with Gasteiger partial charge in [0, 0.05) is 31.1 Å². The number of carbonyl (C=O) groups is 1. The maximum atomic E-state index is 13.5. The fourth-order valence-corrected chi connectivity index (χ4v) is 6.24. The minimum atomic E-state index is -4.55. The first-order valence-electron chi connectivity index (χ1n) is 9.86. The van der Waals surface area contributed by atoms with Crippen LogP contribution in [0.4, 0.5) is 13.2 Å². The Morgan fingerprint density at radius 2 is 1.97 bits per heavy atom. The zero-order valence-corrected chi connectivity index (χ0v) is 17.2. The molecule has 2 fully saturated rings. The molecule has 2 aliphatic rings. The topological polar surface area (TPSA) is 93.4 Å². The second kappa shape index (κ2) is 7.51. The van der Waals surface area contributed by atoms with Crippen molar-refractivity contribution in [2.45, 2.75) is 44.7 Å². The molecule has 30 heavy (non-hydrogen) atoms. The summed E-state index contributed by atoms with van der Waals surface area (Å²) in [6.45, 7) is 2.25. The fourth-order valence-electron chi connectivity index (χ4n) is 4.38. The molecule has 4 heterocycles. The highest BCUT2D eigenvalue weighted by molar-refractivity contribution is 7.91. The zero-order valence-electron chi connectivity index (χ0n) is 16.4. The summed E-state index contributed by atoms with van der Waals surface area (Å²) in [5, 5.41) is 3.50. The van der Waals surface area contributed by atoms with Crippen LogP contribution in [-0.2, 0) is 20.8 Å². The molecule has 0 aliphatic carbocycles. The predicted molar refractivity (Wildman–Crippen MR) is 101 cm³/mol. The van der Waals surface area contributed by atoms with E-state index in [1.54, 1.807) is 4.90 Å². The monoisotopic (exact) mass is 445 g/mol. The summed E-state index contributed by atoms with van der Waals surface area (Å²) >= 11 is 0. The Balaban J connectivity index is 1.45. The van der Waals surface area contributed by atoms with E-state index < -0.39 is 21.6 Å². The molecule has 2 aromatic heterocycles. The number of hydrogen-bond donors (Lipinski definition) is 0. The molecule has 4 rings (SSSR count). The van der Waals surface area contributed by atoms with Crippen molar-refractivity contribution in [1.82, 2.24) is 15.0 Å². The molecule has 11 heteroatoms. The average Bonchev–Trinajstić information content (AvgIpc) is 3.22. The highest BCUT2D eigenvalue weighted by atomic mass is 32.2. The Kier molecular flexibility index (Phi) is 5.27. The highest BCUT2D eigenvalue weighted by Gasteiger charge is 2.37. The van der Waals surface area contributed by atoms with Gasteiger partial charge in [-0.3, -0.25) is 4.79 Å². The third kappa shape index (κ3) is 4.17. The van der Waals surface area contributed by atoms with E-state index in [1.807, 2.05) is 0 Å². The number of likely N-dealkylation sites (tertiary alicyclic amines) is 1. The van der Waals surface area contributed by atoms with Gasteiger partial charge < -0.3 is 9.42 Å². The molecule has 0 aromatic carbocycles. The maximum absolute atomic E-state index is 13.5. The number of aryl methyl sites for hydroxylation is 1. The Labute approximate surface area is 171 Å². The summed E-state index contributed by atoms with van der Waals surface area (Å²) in [5.74, 6) is -0.286. The second-order valence-electron chi connectivity index (χ2n) is 8.17. The van der Waals surface area contributed by atoms with Crippen LogP contribution >= 0.6 is 0 Å². The smallest absolute Gasteiger partial charge is 0.343 e. The highest BCUT2D eigenvalue weighted by Crippen LogP contribution is 2.39. The van der Waals surface area contributed by atoms with E-state index in [1.165, 1.54) is 6.92 Å². The maximum Gasteiger partial charge on any atom is 0.417 e. The largest absolute Gasteiger partial charge is 0.417 e. The van der Waals surface area contributed by atoms with Gasteiger partial charge in [0.15, 0.2) is 9.84 Å². The van der Waals surface area contributed by atoms with Crippen molar-refractivity contribution in [3.05, 3.63) is 23.0 Å². The van der Waals surface area contributed by atoms with Crippen molar-refractivity contribution < 1.29 is 30.9 Å². The van der Waals surface area contributed by atoms with Crippen LogP contribution in [0.25, 0.3) is 11.1 Å². The van der Waals surface area contributed by atoms with Crippen molar-refractivity contribution in [2.75, 3.05) is 24.6 Å². The molecule has 1 atom stereocenters. The molecule has 0 saturated carbocycles. The number of fused-ring (bicyclic) bond motifs is 1. The molecular formula is C19H22F3N3O4S. The summed E-state index contributed by atoms with van der Waals surface area (Å²) in [6.07, 6.45) is -2.88. The van der Waals surface area contributed by atoms with Crippen LogP contribution in [0.3, 0.4) is 0 Å². The lowest BCUT2D eigenvalue weighted by molar-refractivity contribution is -0.136. The number of rotatable bonds is 3. The Morgan fingerprint density at radius 1 is 1.27 bits per heavy atom. The van der Waals surface area contributed by atoms with Crippen LogP contribution in [0.15, 0.2) is 10.6 Å². The van der Waals surface area contributed by atoms with Gasteiger partial charge in [0.1, 0.15) is 0 Å². The standard InChI is InChI=1S/C19H22F3N3O4S/c1-11-17-14(19(20,21)22)9-15(23-18(17)29-24-11)13-2-5-25(6-3-13)16(26)8-12-4-7-30(27,28)10-12/h9,12-13H,2-8,10H2,1H3/t12-/m0/s1. The van der Waals surface area contributed by atoms with Crippen molar-refractivity contribution in [3.8, 4) is 0 Å². The SMILES string of the molecule is Cc1noc2nc(C3CCN(C(=O)C[C@@H]4CCS(=O)(=O)C4)CC3)cc(C(F)(F)F)c12. The lowest BCUT2D eigenvalue weighted by Crippen LogP contribution is -2.39.